The standard InChI is InChI=1S/C39H70N4O8/c1-12-34-27(4)20-25(2)14-15-32(44)26(3)21-30(16-19-42(10)17-13-18-43(11)35(46)24-40-7)38(29(6)33(45)23-36(47)50-34)51-39-37(48)31(41(8)9)22-28(5)49-39/h14-15,20,26-31,33-34,37-40,45,48H,12-13,16-19,21-24H2,1-11H3/b15-14+,25-20+/t26-,27+,28-,29+,30+,31+,33?,34-,37-,38-,39+/m1/s1. The minimum atomic E-state index is -1.10. The van der Waals surface area contributed by atoms with Gasteiger partial charge in [-0.3, -0.25) is 14.4 Å². The fourth-order valence-corrected chi connectivity index (χ4v) is 7.26. The molecular weight excluding hydrogens is 652 g/mol. The second-order valence-electron chi connectivity index (χ2n) is 15.4. The molecule has 1 saturated heterocycles. The van der Waals surface area contributed by atoms with Crippen molar-refractivity contribution in [3.8, 4) is 0 Å². The van der Waals surface area contributed by atoms with Gasteiger partial charge in [-0.2, -0.15) is 0 Å². The number of cyclic esters (lactones) is 1. The summed E-state index contributed by atoms with van der Waals surface area (Å²) >= 11 is 0. The van der Waals surface area contributed by atoms with Gasteiger partial charge in [-0.05, 0) is 99.2 Å². The molecule has 12 heteroatoms. The number of ketones is 1. The van der Waals surface area contributed by atoms with E-state index in [-0.39, 0.29) is 54.1 Å². The van der Waals surface area contributed by atoms with Gasteiger partial charge in [0.1, 0.15) is 12.2 Å². The van der Waals surface area contributed by atoms with Crippen LogP contribution in [0.25, 0.3) is 0 Å². The average Bonchev–Trinajstić information content (AvgIpc) is 3.07. The van der Waals surface area contributed by atoms with E-state index in [0.717, 1.165) is 18.5 Å². The highest BCUT2D eigenvalue weighted by Gasteiger charge is 2.43. The van der Waals surface area contributed by atoms with Gasteiger partial charge in [-0.15, -0.1) is 0 Å². The van der Waals surface area contributed by atoms with Crippen LogP contribution < -0.4 is 5.32 Å². The van der Waals surface area contributed by atoms with Crippen LogP contribution in [-0.4, -0.2) is 147 Å². The highest BCUT2D eigenvalue weighted by molar-refractivity contribution is 5.91. The number of carbonyl (C=O) groups is 3. The van der Waals surface area contributed by atoms with Crippen molar-refractivity contribution in [2.75, 3.05) is 61.4 Å². The van der Waals surface area contributed by atoms with E-state index < -0.39 is 36.5 Å². The number of nitrogens with one attached hydrogen (secondary N) is 1. The molecule has 1 fully saturated rings. The number of nitrogens with zero attached hydrogens (tertiary/aromatic N) is 3. The summed E-state index contributed by atoms with van der Waals surface area (Å²) < 4.78 is 18.9. The van der Waals surface area contributed by atoms with E-state index in [0.29, 0.717) is 45.3 Å². The lowest BCUT2D eigenvalue weighted by Crippen LogP contribution is -2.56. The van der Waals surface area contributed by atoms with Gasteiger partial charge in [0, 0.05) is 37.4 Å². The number of aliphatic hydroxyl groups is 2. The molecule has 0 aromatic rings. The molecule has 0 radical (unpaired) electrons. The Balaban J connectivity index is 2.47. The third-order valence-electron chi connectivity index (χ3n) is 10.7. The molecule has 3 N–H and O–H groups in total. The average molecular weight is 723 g/mol. The summed E-state index contributed by atoms with van der Waals surface area (Å²) in [6, 6.07) is -0.197. The summed E-state index contributed by atoms with van der Waals surface area (Å²) in [4.78, 5) is 44.9. The molecule has 2 rings (SSSR count). The maximum absolute atomic E-state index is 13.6. The van der Waals surface area contributed by atoms with E-state index in [2.05, 4.69) is 10.2 Å². The minimum absolute atomic E-state index is 0.00390. The number of hydrogen-bond acceptors (Lipinski definition) is 11. The van der Waals surface area contributed by atoms with Crippen molar-refractivity contribution in [2.45, 2.75) is 123 Å². The molecule has 0 aromatic carbocycles. The molecule has 51 heavy (non-hydrogen) atoms. The van der Waals surface area contributed by atoms with Crippen LogP contribution in [0.3, 0.4) is 0 Å². The van der Waals surface area contributed by atoms with E-state index in [1.54, 1.807) is 25.1 Å². The summed E-state index contributed by atoms with van der Waals surface area (Å²) in [7, 11) is 9.43. The Bertz CT molecular complexity index is 1150. The Morgan fingerprint density at radius 1 is 1.02 bits per heavy atom. The normalized spacial score (nSPS) is 35.0. The third kappa shape index (κ3) is 14.6. The fraction of sp³-hybridized carbons (Fsp3) is 0.821. The van der Waals surface area contributed by atoms with Crippen LogP contribution in [0.1, 0.15) is 80.1 Å². The van der Waals surface area contributed by atoms with Gasteiger partial charge in [-0.25, -0.2) is 0 Å². The zero-order chi connectivity index (χ0) is 38.4. The molecule has 1 unspecified atom stereocenters. The monoisotopic (exact) mass is 723 g/mol. The van der Waals surface area contributed by atoms with Gasteiger partial charge in [0.2, 0.25) is 5.91 Å². The first-order valence-corrected chi connectivity index (χ1v) is 19.0. The SMILES string of the molecule is CC[C@H]1OC(=O)CC(O)[C@H](C)[C@@H](O[C@@H]2O[C@H](C)C[C@H](N(C)C)[C@H]2O)[C@@H](CCN(C)CCCN(C)C(=O)CNC)C[C@@H](C)C(=O)/C=C/C(C)=C/[C@@H]1C. The van der Waals surface area contributed by atoms with Gasteiger partial charge >= 0.3 is 5.97 Å². The molecule has 0 bridgehead atoms. The molecule has 294 valence electrons. The molecule has 1 amide bonds. The van der Waals surface area contributed by atoms with Gasteiger partial charge in [0.05, 0.1) is 31.3 Å². The highest BCUT2D eigenvalue weighted by Crippen LogP contribution is 2.34. The molecule has 2 aliphatic rings. The lowest BCUT2D eigenvalue weighted by atomic mass is 9.79. The van der Waals surface area contributed by atoms with E-state index in [1.807, 2.05) is 79.7 Å². The predicted octanol–water partition coefficient (Wildman–Crippen LogP) is 3.26. The number of aliphatic hydroxyl groups excluding tert-OH is 2. The molecule has 11 atom stereocenters. The maximum atomic E-state index is 13.6. The number of carbonyl (C=O) groups excluding carboxylic acids is 3. The smallest absolute Gasteiger partial charge is 0.308 e. The number of esters is 1. The predicted molar refractivity (Wildman–Crippen MR) is 200 cm³/mol. The number of allylic oxidation sites excluding steroid dienone is 3. The number of likely N-dealkylation sites (N-methyl/N-ethyl adjacent to an activating group) is 3. The Kier molecular flexibility index (Phi) is 19.5. The number of amides is 1. The van der Waals surface area contributed by atoms with Gasteiger partial charge in [0.25, 0.3) is 0 Å². The molecule has 2 aliphatic heterocycles. The molecule has 0 spiro atoms. The molecule has 0 aromatic heterocycles. The molecule has 0 aliphatic carbocycles. The second-order valence-corrected chi connectivity index (χ2v) is 15.4. The number of hydrogen-bond donors (Lipinski definition) is 3. The van der Waals surface area contributed by atoms with Crippen LogP contribution in [0.15, 0.2) is 23.8 Å². The largest absolute Gasteiger partial charge is 0.462 e. The van der Waals surface area contributed by atoms with E-state index >= 15 is 0 Å². The first-order valence-electron chi connectivity index (χ1n) is 19.0. The Morgan fingerprint density at radius 3 is 2.33 bits per heavy atom. The molecule has 12 nitrogen and oxygen atoms in total. The lowest BCUT2D eigenvalue weighted by molar-refractivity contribution is -0.283. The van der Waals surface area contributed by atoms with Crippen molar-refractivity contribution in [1.29, 1.82) is 0 Å². The Morgan fingerprint density at radius 2 is 1.71 bits per heavy atom. The van der Waals surface area contributed by atoms with E-state index in [9.17, 15) is 24.6 Å². The van der Waals surface area contributed by atoms with Crippen molar-refractivity contribution < 1.29 is 38.8 Å². The van der Waals surface area contributed by atoms with Crippen molar-refractivity contribution in [3.05, 3.63) is 23.8 Å². The van der Waals surface area contributed by atoms with E-state index in [1.165, 1.54) is 0 Å². The van der Waals surface area contributed by atoms with Gasteiger partial charge in [-0.1, -0.05) is 45.4 Å². The quantitative estimate of drug-likeness (QED) is 0.242. The van der Waals surface area contributed by atoms with Crippen LogP contribution in [0.4, 0.5) is 0 Å². The summed E-state index contributed by atoms with van der Waals surface area (Å²) in [6.07, 6.45) is 4.16. The summed E-state index contributed by atoms with van der Waals surface area (Å²) in [5.74, 6) is -1.67. The third-order valence-corrected chi connectivity index (χ3v) is 10.7. The zero-order valence-corrected chi connectivity index (χ0v) is 33.3. The molecule has 0 saturated carbocycles. The second kappa shape index (κ2) is 22.1. The van der Waals surface area contributed by atoms with Crippen molar-refractivity contribution in [2.24, 2.45) is 23.7 Å². The summed E-state index contributed by atoms with van der Waals surface area (Å²) in [6.45, 7) is 14.0. The first-order chi connectivity index (χ1) is 24.0. The number of ether oxygens (including phenoxy) is 3. The summed E-state index contributed by atoms with van der Waals surface area (Å²) in [5, 5.41) is 26.0. The van der Waals surface area contributed by atoms with Crippen LogP contribution in [0.5, 0.6) is 0 Å². The Labute approximate surface area is 307 Å². The highest BCUT2D eigenvalue weighted by atomic mass is 16.7. The number of rotatable bonds is 13. The fourth-order valence-electron chi connectivity index (χ4n) is 7.26. The lowest BCUT2D eigenvalue weighted by Gasteiger charge is -2.44. The first kappa shape index (κ1) is 45.0. The summed E-state index contributed by atoms with van der Waals surface area (Å²) in [5.41, 5.74) is 0.906. The Hall–Kier alpha value is -2.19. The van der Waals surface area contributed by atoms with Gasteiger partial charge < -0.3 is 44.4 Å². The van der Waals surface area contributed by atoms with Crippen molar-refractivity contribution in [3.63, 3.8) is 0 Å². The molecular formula is C39H70N4O8. The topological polar surface area (TPSA) is 141 Å². The minimum Gasteiger partial charge on any atom is -0.462 e. The van der Waals surface area contributed by atoms with E-state index in [4.69, 9.17) is 14.2 Å². The molecule has 2 heterocycles. The van der Waals surface area contributed by atoms with Gasteiger partial charge in [0.15, 0.2) is 12.1 Å². The van der Waals surface area contributed by atoms with Crippen LogP contribution in [0, 0.1) is 23.7 Å². The maximum Gasteiger partial charge on any atom is 0.308 e. The van der Waals surface area contributed by atoms with Crippen LogP contribution in [-0.2, 0) is 28.6 Å². The van der Waals surface area contributed by atoms with Crippen molar-refractivity contribution >= 4 is 17.7 Å². The van der Waals surface area contributed by atoms with Crippen molar-refractivity contribution in [1.82, 2.24) is 20.0 Å². The van der Waals surface area contributed by atoms with Crippen LogP contribution in [0.2, 0.25) is 0 Å². The van der Waals surface area contributed by atoms with Crippen LogP contribution >= 0.6 is 0 Å². The zero-order valence-electron chi connectivity index (χ0n) is 33.3.